The number of fused-ring (bicyclic) bond motifs is 2. The minimum atomic E-state index is -0.947. The molecule has 9 nitrogen and oxygen atoms in total. The summed E-state index contributed by atoms with van der Waals surface area (Å²) in [5.41, 5.74) is 4.98. The third kappa shape index (κ3) is 5.31. The molecule has 7 rings (SSSR count). The fourth-order valence-corrected chi connectivity index (χ4v) is 6.39. The Morgan fingerprint density at radius 2 is 1.93 bits per heavy atom. The highest BCUT2D eigenvalue weighted by Crippen LogP contribution is 2.40. The van der Waals surface area contributed by atoms with E-state index in [0.29, 0.717) is 30.6 Å². The van der Waals surface area contributed by atoms with Crippen molar-refractivity contribution in [3.8, 4) is 11.8 Å². The molecule has 0 bridgehead atoms. The van der Waals surface area contributed by atoms with E-state index in [2.05, 4.69) is 20.4 Å². The molecule has 10 heteroatoms. The average molecular weight is 582 g/mol. The first kappa shape index (κ1) is 27.4. The Morgan fingerprint density at radius 1 is 1.09 bits per heavy atom. The van der Waals surface area contributed by atoms with Crippen LogP contribution in [0.2, 0.25) is 0 Å². The van der Waals surface area contributed by atoms with Crippen LogP contribution in [-0.2, 0) is 24.2 Å². The second-order valence-corrected chi connectivity index (χ2v) is 11.4. The van der Waals surface area contributed by atoms with Crippen molar-refractivity contribution in [2.45, 2.75) is 44.6 Å². The molecule has 3 aliphatic rings. The summed E-state index contributed by atoms with van der Waals surface area (Å²) in [5.74, 6) is 0.356. The van der Waals surface area contributed by atoms with Crippen molar-refractivity contribution in [1.29, 1.82) is 5.26 Å². The number of halogens is 1. The number of anilines is 1. The number of aromatic carboxylic acids is 1. The normalized spacial score (nSPS) is 20.2. The molecule has 4 heterocycles. The summed E-state index contributed by atoms with van der Waals surface area (Å²) < 4.78 is 28.8. The summed E-state index contributed by atoms with van der Waals surface area (Å²) in [6, 6.07) is 17.7. The number of hydrogen-bond acceptors (Lipinski definition) is 7. The van der Waals surface area contributed by atoms with Crippen LogP contribution < -0.4 is 9.64 Å². The number of ether oxygens (including phenoxy) is 2. The largest absolute Gasteiger partial charge is 0.485 e. The van der Waals surface area contributed by atoms with Gasteiger partial charge in [-0.05, 0) is 61.7 Å². The van der Waals surface area contributed by atoms with Gasteiger partial charge in [-0.2, -0.15) is 5.26 Å². The number of carboxylic acid groups (broad SMARTS) is 1. The molecule has 2 fully saturated rings. The van der Waals surface area contributed by atoms with Crippen molar-refractivity contribution >= 4 is 22.7 Å². The maximum atomic E-state index is 14.7. The van der Waals surface area contributed by atoms with Gasteiger partial charge in [-0.3, -0.25) is 4.90 Å². The van der Waals surface area contributed by atoms with Gasteiger partial charge in [0.2, 0.25) is 0 Å². The summed E-state index contributed by atoms with van der Waals surface area (Å²) in [5, 5.41) is 18.6. The molecule has 2 atom stereocenters. The third-order valence-corrected chi connectivity index (χ3v) is 8.84. The molecule has 0 aliphatic carbocycles. The molecular weight excluding hydrogens is 549 g/mol. The number of carboxylic acids is 1. The highest BCUT2D eigenvalue weighted by atomic mass is 19.1. The summed E-state index contributed by atoms with van der Waals surface area (Å²) in [6.45, 7) is 5.50. The summed E-state index contributed by atoms with van der Waals surface area (Å²) in [7, 11) is 0. The molecule has 43 heavy (non-hydrogen) atoms. The Morgan fingerprint density at radius 3 is 2.65 bits per heavy atom. The van der Waals surface area contributed by atoms with Crippen LogP contribution in [0.1, 0.15) is 51.8 Å². The molecule has 2 saturated heterocycles. The quantitative estimate of drug-likeness (QED) is 0.328. The van der Waals surface area contributed by atoms with Gasteiger partial charge >= 0.3 is 5.97 Å². The van der Waals surface area contributed by atoms with E-state index in [1.54, 1.807) is 30.3 Å². The highest BCUT2D eigenvalue weighted by molar-refractivity contribution is 5.92. The van der Waals surface area contributed by atoms with Crippen molar-refractivity contribution < 1.29 is 23.8 Å². The van der Waals surface area contributed by atoms with Crippen molar-refractivity contribution in [2.24, 2.45) is 0 Å². The number of piperazine rings is 1. The van der Waals surface area contributed by atoms with Gasteiger partial charge in [0.25, 0.3) is 0 Å². The Balaban J connectivity index is 1.05. The molecule has 3 aromatic carbocycles. The van der Waals surface area contributed by atoms with E-state index in [-0.39, 0.29) is 17.8 Å². The number of benzene rings is 3. The summed E-state index contributed by atoms with van der Waals surface area (Å²) >= 11 is 0. The fraction of sp³-hybridized carbons (Fsp3) is 0.364. The van der Waals surface area contributed by atoms with Crippen LogP contribution in [0.15, 0.2) is 54.6 Å². The highest BCUT2D eigenvalue weighted by Gasteiger charge is 2.29. The molecule has 2 unspecified atom stereocenters. The van der Waals surface area contributed by atoms with E-state index in [1.165, 1.54) is 6.07 Å². The predicted octanol–water partition coefficient (Wildman–Crippen LogP) is 4.92. The second-order valence-electron chi connectivity index (χ2n) is 11.4. The molecule has 0 spiro atoms. The van der Waals surface area contributed by atoms with Gasteiger partial charge in [0.1, 0.15) is 23.5 Å². The Labute approximate surface area is 248 Å². The minimum Gasteiger partial charge on any atom is -0.485 e. The van der Waals surface area contributed by atoms with E-state index in [9.17, 15) is 14.3 Å². The summed E-state index contributed by atoms with van der Waals surface area (Å²) in [6.07, 6.45) is 2.17. The van der Waals surface area contributed by atoms with Crippen molar-refractivity contribution in [1.82, 2.24) is 14.5 Å². The van der Waals surface area contributed by atoms with Gasteiger partial charge in [0, 0.05) is 49.6 Å². The number of rotatable bonds is 7. The molecular formula is C33H32FN5O4. The van der Waals surface area contributed by atoms with E-state index in [4.69, 9.17) is 19.7 Å². The average Bonchev–Trinajstić information content (AvgIpc) is 3.34. The van der Waals surface area contributed by atoms with Crippen LogP contribution in [0.5, 0.6) is 5.75 Å². The lowest BCUT2D eigenvalue weighted by Crippen LogP contribution is -2.46. The Hall–Kier alpha value is -4.46. The van der Waals surface area contributed by atoms with Crippen LogP contribution in [0.4, 0.5) is 10.1 Å². The van der Waals surface area contributed by atoms with E-state index in [0.717, 1.165) is 79.5 Å². The molecule has 0 saturated carbocycles. The van der Waals surface area contributed by atoms with Gasteiger partial charge in [0.05, 0.1) is 47.4 Å². The van der Waals surface area contributed by atoms with Gasteiger partial charge in [0.15, 0.2) is 0 Å². The van der Waals surface area contributed by atoms with Crippen LogP contribution in [-0.4, -0.2) is 64.4 Å². The van der Waals surface area contributed by atoms with Gasteiger partial charge in [-0.1, -0.05) is 12.1 Å². The molecule has 0 radical (unpaired) electrons. The van der Waals surface area contributed by atoms with Crippen LogP contribution in [0.25, 0.3) is 11.0 Å². The number of aromatic nitrogens is 2. The fourth-order valence-electron chi connectivity index (χ4n) is 6.39. The molecule has 1 N–H and O–H groups in total. The third-order valence-electron chi connectivity index (χ3n) is 8.84. The zero-order chi connectivity index (χ0) is 29.5. The SMILES string of the molecule is N#Cc1ccc(C2CCc3c(cccc3N3CCN(Cc4nc5ccc(C(=O)O)cc5n4CC4CCO4)CC3)O2)c(F)c1. The first-order valence-corrected chi connectivity index (χ1v) is 14.8. The van der Waals surface area contributed by atoms with Crippen LogP contribution in [0, 0.1) is 17.1 Å². The van der Waals surface area contributed by atoms with Crippen LogP contribution >= 0.6 is 0 Å². The Kier molecular flexibility index (Phi) is 7.21. The maximum absolute atomic E-state index is 14.7. The van der Waals surface area contributed by atoms with Gasteiger partial charge in [-0.25, -0.2) is 14.2 Å². The van der Waals surface area contributed by atoms with E-state index in [1.807, 2.05) is 18.2 Å². The number of carbonyl (C=O) groups is 1. The first-order chi connectivity index (χ1) is 21.0. The molecule has 1 aromatic heterocycles. The molecule has 3 aliphatic heterocycles. The van der Waals surface area contributed by atoms with Crippen molar-refractivity contribution in [3.63, 3.8) is 0 Å². The van der Waals surface area contributed by atoms with Gasteiger partial charge < -0.3 is 24.0 Å². The molecule has 4 aromatic rings. The zero-order valence-electron chi connectivity index (χ0n) is 23.7. The topological polar surface area (TPSA) is 104 Å². The molecule has 220 valence electrons. The van der Waals surface area contributed by atoms with E-state index >= 15 is 0 Å². The minimum absolute atomic E-state index is 0.126. The summed E-state index contributed by atoms with van der Waals surface area (Å²) in [4.78, 5) is 21.3. The van der Waals surface area contributed by atoms with Crippen LogP contribution in [0.3, 0.4) is 0 Å². The smallest absolute Gasteiger partial charge is 0.335 e. The monoisotopic (exact) mass is 581 g/mol. The predicted molar refractivity (Wildman–Crippen MR) is 158 cm³/mol. The lowest BCUT2D eigenvalue weighted by molar-refractivity contribution is -0.0592. The maximum Gasteiger partial charge on any atom is 0.335 e. The van der Waals surface area contributed by atoms with Crippen molar-refractivity contribution in [3.05, 3.63) is 88.5 Å². The lowest BCUT2D eigenvalue weighted by Gasteiger charge is -2.38. The zero-order valence-corrected chi connectivity index (χ0v) is 23.7. The van der Waals surface area contributed by atoms with Gasteiger partial charge in [-0.15, -0.1) is 0 Å². The number of nitrogens with zero attached hydrogens (tertiary/aromatic N) is 5. The number of imidazole rings is 1. The standard InChI is InChI=1S/C33H32FN5O4/c34-26-16-21(18-35)4-6-24(26)31-9-7-25-28(2-1-3-30(25)43-31)38-13-11-37(12-14-38)20-32-36-27-8-5-22(33(40)41)17-29(27)39(32)19-23-10-15-42-23/h1-6,8,16-17,23,31H,7,9-15,19-20H2,(H,40,41). The first-order valence-electron chi connectivity index (χ1n) is 14.8. The van der Waals surface area contributed by atoms with Crippen molar-refractivity contribution in [2.75, 3.05) is 37.7 Å². The molecule has 0 amide bonds. The lowest BCUT2D eigenvalue weighted by atomic mass is 9.95. The number of hydrogen-bond donors (Lipinski definition) is 1. The number of nitriles is 1. The second kappa shape index (κ2) is 11.3. The Bertz CT molecular complexity index is 1740. The van der Waals surface area contributed by atoms with E-state index < -0.39 is 11.8 Å².